The lowest BCUT2D eigenvalue weighted by Crippen LogP contribution is -2.47. The van der Waals surface area contributed by atoms with Gasteiger partial charge in [0.2, 0.25) is 0 Å². The summed E-state index contributed by atoms with van der Waals surface area (Å²) in [6.45, 7) is 5.51. The van der Waals surface area contributed by atoms with E-state index in [1.165, 1.54) is 0 Å². The van der Waals surface area contributed by atoms with Crippen LogP contribution in [0.15, 0.2) is 54.6 Å². The standard InChI is InChI=1S/C22H22Cl2N2O2/c1-4-17-10-13-19(14-11-17)20(27)16-22(2,3)26(24)25(23)21(28)15-12-18-8-6-5-7-9-18/h5-11,13-14H,4,16H2,1-3H3. The average molecular weight is 417 g/mol. The minimum absolute atomic E-state index is 0.0740. The fourth-order valence-corrected chi connectivity index (χ4v) is 2.87. The number of carbonyl (C=O) groups is 2. The number of rotatable bonds is 6. The number of amides is 1. The summed E-state index contributed by atoms with van der Waals surface area (Å²) < 4.78 is 1.71. The van der Waals surface area contributed by atoms with Crippen molar-refractivity contribution in [1.82, 2.24) is 9.06 Å². The maximum atomic E-state index is 12.6. The fraction of sp³-hybridized carbons (Fsp3) is 0.273. The molecular weight excluding hydrogens is 395 g/mol. The third kappa shape index (κ3) is 5.84. The molecule has 0 aliphatic heterocycles. The highest BCUT2D eigenvalue weighted by atomic mass is 35.5. The first-order valence-corrected chi connectivity index (χ1v) is 9.57. The molecule has 0 aromatic heterocycles. The Hall–Kier alpha value is -2.32. The second-order valence-corrected chi connectivity index (χ2v) is 7.54. The molecule has 2 aromatic rings. The van der Waals surface area contributed by atoms with E-state index >= 15 is 0 Å². The zero-order valence-corrected chi connectivity index (χ0v) is 17.6. The van der Waals surface area contributed by atoms with Crippen molar-refractivity contribution in [3.63, 3.8) is 0 Å². The smallest absolute Gasteiger partial charge is 0.294 e. The maximum Gasteiger partial charge on any atom is 0.329 e. The number of carbonyl (C=O) groups excluding carboxylic acids is 2. The van der Waals surface area contributed by atoms with Crippen LogP contribution in [-0.2, 0) is 11.2 Å². The third-order valence-electron chi connectivity index (χ3n) is 4.19. The molecule has 0 atom stereocenters. The van der Waals surface area contributed by atoms with Gasteiger partial charge in [-0.2, -0.15) is 4.53 Å². The van der Waals surface area contributed by atoms with E-state index in [0.717, 1.165) is 16.5 Å². The van der Waals surface area contributed by atoms with Gasteiger partial charge in [0.15, 0.2) is 5.78 Å². The van der Waals surface area contributed by atoms with Crippen LogP contribution in [0.4, 0.5) is 0 Å². The summed E-state index contributed by atoms with van der Waals surface area (Å²) in [5.74, 6) is 4.40. The number of Topliss-reactive ketones (excluding diaryl/α,β-unsaturated/α-hetero) is 1. The summed E-state index contributed by atoms with van der Waals surface area (Å²) in [5.41, 5.74) is 1.52. The molecule has 0 aliphatic rings. The minimum atomic E-state index is -0.909. The zero-order valence-electron chi connectivity index (χ0n) is 16.1. The van der Waals surface area contributed by atoms with Gasteiger partial charge < -0.3 is 0 Å². The summed E-state index contributed by atoms with van der Waals surface area (Å²) in [6, 6.07) is 16.5. The number of benzene rings is 2. The van der Waals surface area contributed by atoms with Crippen LogP contribution in [0, 0.1) is 11.8 Å². The van der Waals surface area contributed by atoms with Crippen LogP contribution in [0.3, 0.4) is 0 Å². The Balaban J connectivity index is 2.05. The number of ketones is 1. The first-order valence-electron chi connectivity index (χ1n) is 8.89. The van der Waals surface area contributed by atoms with Crippen molar-refractivity contribution in [2.45, 2.75) is 39.2 Å². The lowest BCUT2D eigenvalue weighted by molar-refractivity contribution is -0.130. The van der Waals surface area contributed by atoms with Crippen molar-refractivity contribution >= 4 is 35.2 Å². The monoisotopic (exact) mass is 416 g/mol. The molecule has 0 heterocycles. The van der Waals surface area contributed by atoms with Crippen molar-refractivity contribution in [3.8, 4) is 11.8 Å². The molecule has 0 saturated heterocycles. The van der Waals surface area contributed by atoms with Gasteiger partial charge in [0.05, 0.1) is 5.54 Å². The van der Waals surface area contributed by atoms with E-state index in [2.05, 4.69) is 18.8 Å². The molecule has 1 amide bonds. The highest BCUT2D eigenvalue weighted by Crippen LogP contribution is 2.27. The van der Waals surface area contributed by atoms with Crippen LogP contribution < -0.4 is 0 Å². The maximum absolute atomic E-state index is 12.6. The van der Waals surface area contributed by atoms with E-state index in [4.69, 9.17) is 23.6 Å². The second kappa shape index (κ2) is 9.75. The zero-order chi connectivity index (χ0) is 20.7. The Kier molecular flexibility index (Phi) is 7.65. The molecule has 0 saturated carbocycles. The average Bonchev–Trinajstić information content (AvgIpc) is 2.71. The molecule has 0 aliphatic carbocycles. The number of hydrogen-bond donors (Lipinski definition) is 0. The van der Waals surface area contributed by atoms with Gasteiger partial charge in [0.25, 0.3) is 0 Å². The fourth-order valence-electron chi connectivity index (χ4n) is 2.50. The molecule has 6 heteroatoms. The van der Waals surface area contributed by atoms with Gasteiger partial charge in [-0.15, -0.1) is 4.53 Å². The topological polar surface area (TPSA) is 40.6 Å². The van der Waals surface area contributed by atoms with Crippen LogP contribution in [0.2, 0.25) is 0 Å². The first-order chi connectivity index (χ1) is 13.2. The first kappa shape index (κ1) is 22.0. The molecule has 2 aromatic carbocycles. The predicted octanol–water partition coefficient (Wildman–Crippen LogP) is 5.01. The van der Waals surface area contributed by atoms with Crippen LogP contribution in [0.25, 0.3) is 0 Å². The van der Waals surface area contributed by atoms with E-state index in [1.807, 2.05) is 30.3 Å². The SMILES string of the molecule is CCc1ccc(C(=O)CC(C)(C)N(Cl)N(Cl)C(=O)C#Cc2ccccc2)cc1. The van der Waals surface area contributed by atoms with E-state index in [1.54, 1.807) is 38.1 Å². The molecule has 4 nitrogen and oxygen atoms in total. The van der Waals surface area contributed by atoms with Crippen molar-refractivity contribution in [2.24, 2.45) is 0 Å². The molecule has 146 valence electrons. The lowest BCUT2D eigenvalue weighted by atomic mass is 9.94. The van der Waals surface area contributed by atoms with Crippen LogP contribution in [0.5, 0.6) is 0 Å². The molecule has 0 radical (unpaired) electrons. The minimum Gasteiger partial charge on any atom is -0.294 e. The molecule has 0 unspecified atom stereocenters. The summed E-state index contributed by atoms with van der Waals surface area (Å²) >= 11 is 12.3. The van der Waals surface area contributed by atoms with Gasteiger partial charge in [0.1, 0.15) is 0 Å². The van der Waals surface area contributed by atoms with E-state index in [0.29, 0.717) is 15.7 Å². The Morgan fingerprint density at radius 2 is 1.61 bits per heavy atom. The normalized spacial score (nSPS) is 10.9. The number of hydrazine groups is 1. The predicted molar refractivity (Wildman–Crippen MR) is 113 cm³/mol. The number of hydrogen-bond acceptors (Lipinski definition) is 3. The Morgan fingerprint density at radius 3 is 2.18 bits per heavy atom. The van der Waals surface area contributed by atoms with E-state index in [9.17, 15) is 9.59 Å². The third-order valence-corrected chi connectivity index (χ3v) is 5.18. The van der Waals surface area contributed by atoms with Crippen LogP contribution >= 0.6 is 23.6 Å². The quantitative estimate of drug-likeness (QED) is 0.287. The van der Waals surface area contributed by atoms with Gasteiger partial charge >= 0.3 is 5.91 Å². The summed E-state index contributed by atoms with van der Waals surface area (Å²) in [6.07, 6.45) is 0.980. The van der Waals surface area contributed by atoms with E-state index in [-0.39, 0.29) is 12.2 Å². The Labute approximate surface area is 176 Å². The van der Waals surface area contributed by atoms with Crippen molar-refractivity contribution < 1.29 is 9.59 Å². The van der Waals surface area contributed by atoms with Crippen molar-refractivity contribution in [1.29, 1.82) is 0 Å². The van der Waals surface area contributed by atoms with Gasteiger partial charge in [-0.05, 0) is 38.0 Å². The Bertz CT molecular complexity index is 884. The summed E-state index contributed by atoms with van der Waals surface area (Å²) in [7, 11) is 0. The second-order valence-electron chi connectivity index (χ2n) is 6.90. The largest absolute Gasteiger partial charge is 0.329 e. The lowest BCUT2D eigenvalue weighted by Gasteiger charge is -2.35. The molecule has 2 rings (SSSR count). The molecular formula is C22H22Cl2N2O2. The Morgan fingerprint density at radius 1 is 1.00 bits per heavy atom. The van der Waals surface area contributed by atoms with Crippen LogP contribution in [0.1, 0.15) is 48.7 Å². The van der Waals surface area contributed by atoms with Crippen molar-refractivity contribution in [3.05, 3.63) is 71.3 Å². The van der Waals surface area contributed by atoms with Crippen LogP contribution in [-0.4, -0.2) is 26.3 Å². The molecule has 28 heavy (non-hydrogen) atoms. The highest BCUT2D eigenvalue weighted by Gasteiger charge is 2.34. The van der Waals surface area contributed by atoms with Gasteiger partial charge in [-0.25, -0.2) is 0 Å². The summed E-state index contributed by atoms with van der Waals surface area (Å²) in [5, 5.41) is 0. The molecule has 0 fully saturated rings. The van der Waals surface area contributed by atoms with Gasteiger partial charge in [-0.1, -0.05) is 55.3 Å². The molecule has 0 spiro atoms. The highest BCUT2D eigenvalue weighted by molar-refractivity contribution is 6.27. The number of aryl methyl sites for hydroxylation is 1. The van der Waals surface area contributed by atoms with E-state index < -0.39 is 11.4 Å². The van der Waals surface area contributed by atoms with Crippen molar-refractivity contribution in [2.75, 3.05) is 0 Å². The number of halogens is 2. The number of nitrogens with zero attached hydrogens (tertiary/aromatic N) is 2. The van der Waals surface area contributed by atoms with Gasteiger partial charge in [0, 0.05) is 47.0 Å². The molecule has 0 N–H and O–H groups in total. The van der Waals surface area contributed by atoms with Gasteiger partial charge in [-0.3, -0.25) is 9.59 Å². The summed E-state index contributed by atoms with van der Waals surface area (Å²) in [4.78, 5) is 24.8. The molecule has 0 bridgehead atoms.